The number of anilines is 1. The standard InChI is InChI=1S/C24H20FN3OS/c25-22-14-18(10-12-20(22)19-11-13-24(26)27-16-19)21-8-4-5-9-23(21)30(29)28-15-17-6-2-1-3-7-17/h1-14,16,28H,15H2,(H2,26,27). The normalized spacial score (nSPS) is 11.9. The van der Waals surface area contributed by atoms with Gasteiger partial charge < -0.3 is 5.73 Å². The second kappa shape index (κ2) is 8.98. The molecular weight excluding hydrogens is 397 g/mol. The third-order valence-electron chi connectivity index (χ3n) is 4.71. The lowest BCUT2D eigenvalue weighted by Crippen LogP contribution is -2.17. The van der Waals surface area contributed by atoms with Crippen molar-refractivity contribution in [3.8, 4) is 22.3 Å². The SMILES string of the molecule is Nc1ccc(-c2ccc(-c3ccccc3S(=O)NCc3ccccc3)cc2F)cn1. The topological polar surface area (TPSA) is 68.0 Å². The van der Waals surface area contributed by atoms with Gasteiger partial charge in [0.15, 0.2) is 0 Å². The summed E-state index contributed by atoms with van der Waals surface area (Å²) in [5.41, 5.74) is 9.11. The Morgan fingerprint density at radius 2 is 1.60 bits per heavy atom. The number of nitrogens with two attached hydrogens (primary N) is 1. The van der Waals surface area contributed by atoms with Crippen LogP contribution in [0.2, 0.25) is 0 Å². The van der Waals surface area contributed by atoms with E-state index in [1.165, 1.54) is 6.07 Å². The Balaban J connectivity index is 1.61. The van der Waals surface area contributed by atoms with Crippen LogP contribution in [0.15, 0.2) is 96.0 Å². The number of halogens is 1. The molecule has 1 aromatic heterocycles. The molecule has 4 aromatic rings. The Hall–Kier alpha value is -3.35. The van der Waals surface area contributed by atoms with Crippen molar-refractivity contribution in [1.29, 1.82) is 0 Å². The average Bonchev–Trinajstić information content (AvgIpc) is 2.79. The van der Waals surface area contributed by atoms with Crippen LogP contribution < -0.4 is 10.5 Å². The number of hydrogen-bond donors (Lipinski definition) is 2. The summed E-state index contributed by atoms with van der Waals surface area (Å²) in [7, 11) is -1.44. The maximum atomic E-state index is 14.9. The van der Waals surface area contributed by atoms with Crippen molar-refractivity contribution in [3.05, 3.63) is 103 Å². The van der Waals surface area contributed by atoms with Crippen molar-refractivity contribution in [3.63, 3.8) is 0 Å². The van der Waals surface area contributed by atoms with Crippen molar-refractivity contribution in [2.45, 2.75) is 11.4 Å². The number of nitrogens with one attached hydrogen (secondary N) is 1. The summed E-state index contributed by atoms with van der Waals surface area (Å²) in [5, 5.41) is 0. The molecule has 6 heteroatoms. The molecule has 0 radical (unpaired) electrons. The van der Waals surface area contributed by atoms with Crippen LogP contribution in [0.1, 0.15) is 5.56 Å². The van der Waals surface area contributed by atoms with Gasteiger partial charge in [0.1, 0.15) is 22.6 Å². The van der Waals surface area contributed by atoms with E-state index in [0.717, 1.165) is 11.1 Å². The smallest absolute Gasteiger partial charge is 0.131 e. The summed E-state index contributed by atoms with van der Waals surface area (Å²) in [4.78, 5) is 4.63. The number of nitrogens with zero attached hydrogens (tertiary/aromatic N) is 1. The minimum Gasteiger partial charge on any atom is -0.384 e. The van der Waals surface area contributed by atoms with E-state index in [4.69, 9.17) is 5.73 Å². The molecule has 4 rings (SSSR count). The fraction of sp³-hybridized carbons (Fsp3) is 0.0417. The summed E-state index contributed by atoms with van der Waals surface area (Å²) in [6.45, 7) is 0.471. The second-order valence-corrected chi connectivity index (χ2v) is 8.00. The van der Waals surface area contributed by atoms with Crippen LogP contribution >= 0.6 is 0 Å². The largest absolute Gasteiger partial charge is 0.384 e. The number of benzene rings is 3. The van der Waals surface area contributed by atoms with Gasteiger partial charge >= 0.3 is 0 Å². The third-order valence-corrected chi connectivity index (χ3v) is 5.88. The molecule has 0 fully saturated rings. The highest BCUT2D eigenvalue weighted by molar-refractivity contribution is 7.83. The lowest BCUT2D eigenvalue weighted by atomic mass is 10.0. The van der Waals surface area contributed by atoms with E-state index in [1.807, 2.05) is 54.6 Å². The molecule has 1 heterocycles. The highest BCUT2D eigenvalue weighted by Crippen LogP contribution is 2.30. The first-order valence-electron chi connectivity index (χ1n) is 9.42. The number of nitrogen functional groups attached to an aromatic ring is 1. The van der Waals surface area contributed by atoms with Crippen LogP contribution in [0.3, 0.4) is 0 Å². The Morgan fingerprint density at radius 1 is 0.867 bits per heavy atom. The van der Waals surface area contributed by atoms with Crippen molar-refractivity contribution >= 4 is 16.8 Å². The van der Waals surface area contributed by atoms with Gasteiger partial charge in [0, 0.05) is 23.9 Å². The molecule has 0 aliphatic heterocycles. The highest BCUT2D eigenvalue weighted by atomic mass is 32.2. The predicted octanol–water partition coefficient (Wildman–Crippen LogP) is 4.95. The average molecular weight is 418 g/mol. The van der Waals surface area contributed by atoms with E-state index in [1.54, 1.807) is 30.5 Å². The van der Waals surface area contributed by atoms with Gasteiger partial charge in [-0.2, -0.15) is 0 Å². The molecule has 0 bridgehead atoms. The Labute approximate surface area is 177 Å². The molecule has 150 valence electrons. The molecule has 0 saturated heterocycles. The van der Waals surface area contributed by atoms with Crippen molar-refractivity contribution < 1.29 is 8.60 Å². The minimum absolute atomic E-state index is 0.378. The molecule has 3 aromatic carbocycles. The summed E-state index contributed by atoms with van der Waals surface area (Å²) >= 11 is 0. The van der Waals surface area contributed by atoms with E-state index in [9.17, 15) is 8.60 Å². The van der Waals surface area contributed by atoms with Crippen LogP contribution in [0.25, 0.3) is 22.3 Å². The Bertz CT molecular complexity index is 1180. The monoisotopic (exact) mass is 417 g/mol. The van der Waals surface area contributed by atoms with Gasteiger partial charge in [0.2, 0.25) is 0 Å². The fourth-order valence-corrected chi connectivity index (χ4v) is 4.21. The van der Waals surface area contributed by atoms with Gasteiger partial charge in [0.05, 0.1) is 4.90 Å². The number of aromatic nitrogens is 1. The van der Waals surface area contributed by atoms with Crippen LogP contribution in [0, 0.1) is 5.82 Å². The van der Waals surface area contributed by atoms with Gasteiger partial charge in [-0.15, -0.1) is 0 Å². The number of hydrogen-bond acceptors (Lipinski definition) is 3. The van der Waals surface area contributed by atoms with Crippen LogP contribution in [0.4, 0.5) is 10.2 Å². The summed E-state index contributed by atoms with van der Waals surface area (Å²) in [5.74, 6) is 0.00656. The number of pyridine rings is 1. The molecule has 3 N–H and O–H groups in total. The van der Waals surface area contributed by atoms with Gasteiger partial charge in [-0.1, -0.05) is 60.7 Å². The fourth-order valence-electron chi connectivity index (χ4n) is 3.17. The molecule has 0 amide bonds. The number of rotatable bonds is 6. The molecule has 1 atom stereocenters. The van der Waals surface area contributed by atoms with Crippen LogP contribution in [0.5, 0.6) is 0 Å². The summed E-state index contributed by atoms with van der Waals surface area (Å²) < 4.78 is 30.8. The second-order valence-electron chi connectivity index (χ2n) is 6.74. The quantitative estimate of drug-likeness (QED) is 0.466. The predicted molar refractivity (Wildman–Crippen MR) is 119 cm³/mol. The lowest BCUT2D eigenvalue weighted by Gasteiger charge is -2.12. The van der Waals surface area contributed by atoms with Gasteiger partial charge in [-0.25, -0.2) is 18.3 Å². The molecule has 30 heavy (non-hydrogen) atoms. The summed E-state index contributed by atoms with van der Waals surface area (Å²) in [6.07, 6.45) is 1.55. The maximum absolute atomic E-state index is 14.9. The zero-order chi connectivity index (χ0) is 20.9. The van der Waals surface area contributed by atoms with Gasteiger partial charge in [-0.3, -0.25) is 0 Å². The van der Waals surface area contributed by atoms with Crippen LogP contribution in [-0.4, -0.2) is 9.19 Å². The van der Waals surface area contributed by atoms with E-state index in [-0.39, 0.29) is 5.82 Å². The Kier molecular flexibility index (Phi) is 5.97. The van der Waals surface area contributed by atoms with Crippen molar-refractivity contribution in [2.75, 3.05) is 5.73 Å². The minimum atomic E-state index is -1.44. The molecule has 0 saturated carbocycles. The van der Waals surface area contributed by atoms with Gasteiger partial charge in [-0.05, 0) is 41.0 Å². The first kappa shape index (κ1) is 19.9. The van der Waals surface area contributed by atoms with E-state index < -0.39 is 11.0 Å². The molecule has 0 aliphatic rings. The molecule has 1 unspecified atom stereocenters. The molecular formula is C24H20FN3OS. The zero-order valence-electron chi connectivity index (χ0n) is 16.1. The Morgan fingerprint density at radius 3 is 2.33 bits per heavy atom. The molecule has 0 aliphatic carbocycles. The third kappa shape index (κ3) is 4.45. The van der Waals surface area contributed by atoms with Crippen LogP contribution in [-0.2, 0) is 17.5 Å². The maximum Gasteiger partial charge on any atom is 0.131 e. The highest BCUT2D eigenvalue weighted by Gasteiger charge is 2.14. The first-order chi connectivity index (χ1) is 14.6. The molecule has 4 nitrogen and oxygen atoms in total. The van der Waals surface area contributed by atoms with Crippen molar-refractivity contribution in [2.24, 2.45) is 0 Å². The van der Waals surface area contributed by atoms with Gasteiger partial charge in [0.25, 0.3) is 0 Å². The summed E-state index contributed by atoms with van der Waals surface area (Å²) in [6, 6.07) is 25.4. The van der Waals surface area contributed by atoms with E-state index in [2.05, 4.69) is 9.71 Å². The van der Waals surface area contributed by atoms with Crippen molar-refractivity contribution in [1.82, 2.24) is 9.71 Å². The first-order valence-corrected chi connectivity index (χ1v) is 10.6. The lowest BCUT2D eigenvalue weighted by molar-refractivity contribution is 0.631. The van der Waals surface area contributed by atoms with E-state index >= 15 is 0 Å². The molecule has 0 spiro atoms. The van der Waals surface area contributed by atoms with E-state index in [0.29, 0.717) is 33.9 Å². The zero-order valence-corrected chi connectivity index (χ0v) is 16.9.